The number of allylic oxidation sites excluding steroid dienone is 16. The molecule has 0 fully saturated rings. The van der Waals surface area contributed by atoms with Crippen LogP contribution in [0.3, 0.4) is 0 Å². The summed E-state index contributed by atoms with van der Waals surface area (Å²) < 4.78 is 23.0. The van der Waals surface area contributed by atoms with Gasteiger partial charge in [-0.1, -0.05) is 297 Å². The summed E-state index contributed by atoms with van der Waals surface area (Å²) in [4.78, 5) is 37.6. The minimum Gasteiger partial charge on any atom is -0.477 e. The molecule has 0 aromatic heterocycles. The highest BCUT2D eigenvalue weighted by molar-refractivity contribution is 5.71. The lowest BCUT2D eigenvalue weighted by Gasteiger charge is -2.25. The van der Waals surface area contributed by atoms with Gasteiger partial charge in [0.1, 0.15) is 13.2 Å². The number of carbonyl (C=O) groups is 3. The maximum absolute atomic E-state index is 13.0. The third-order valence-corrected chi connectivity index (χ3v) is 15.3. The average molecular weight is 1190 g/mol. The van der Waals surface area contributed by atoms with Crippen LogP contribution in [0.4, 0.5) is 0 Å². The van der Waals surface area contributed by atoms with Crippen molar-refractivity contribution < 1.29 is 42.9 Å². The molecule has 9 heteroatoms. The van der Waals surface area contributed by atoms with E-state index in [-0.39, 0.29) is 32.2 Å². The summed E-state index contributed by atoms with van der Waals surface area (Å²) >= 11 is 0. The zero-order valence-corrected chi connectivity index (χ0v) is 56.0. The summed E-state index contributed by atoms with van der Waals surface area (Å²) in [6, 6.07) is 0. The van der Waals surface area contributed by atoms with Crippen LogP contribution in [-0.4, -0.2) is 87.4 Å². The van der Waals surface area contributed by atoms with E-state index >= 15 is 0 Å². The Labute approximate surface area is 524 Å². The maximum atomic E-state index is 13.0. The Balaban J connectivity index is 4.12. The molecular weight excluding hydrogens is 1050 g/mol. The van der Waals surface area contributed by atoms with Crippen molar-refractivity contribution in [1.29, 1.82) is 0 Å². The number of rotatable bonds is 65. The highest BCUT2D eigenvalue weighted by Gasteiger charge is 2.25. The molecule has 2 atom stereocenters. The minimum atomic E-state index is -1.51. The van der Waals surface area contributed by atoms with E-state index in [1.807, 2.05) is 21.1 Å². The molecule has 1 N–H and O–H groups in total. The van der Waals surface area contributed by atoms with Gasteiger partial charge in [-0.05, 0) is 96.3 Å². The first-order valence-corrected chi connectivity index (χ1v) is 35.4. The third kappa shape index (κ3) is 67.6. The molecule has 0 aliphatic carbocycles. The van der Waals surface area contributed by atoms with Crippen LogP contribution in [0.1, 0.15) is 309 Å². The van der Waals surface area contributed by atoms with Gasteiger partial charge in [0.2, 0.25) is 0 Å². The van der Waals surface area contributed by atoms with Gasteiger partial charge in [-0.2, -0.15) is 0 Å². The molecular formula is C76H134NO8+. The van der Waals surface area contributed by atoms with Gasteiger partial charge in [-0.25, -0.2) is 4.79 Å². The van der Waals surface area contributed by atoms with Gasteiger partial charge in [-0.3, -0.25) is 9.59 Å². The molecule has 0 radical (unpaired) electrons. The topological polar surface area (TPSA) is 108 Å². The first-order chi connectivity index (χ1) is 41.6. The van der Waals surface area contributed by atoms with Crippen LogP contribution in [0.15, 0.2) is 97.2 Å². The molecule has 490 valence electrons. The van der Waals surface area contributed by atoms with E-state index in [0.29, 0.717) is 17.4 Å². The molecule has 0 aromatic carbocycles. The van der Waals surface area contributed by atoms with Crippen molar-refractivity contribution in [3.63, 3.8) is 0 Å². The number of ether oxygens (including phenoxy) is 4. The molecule has 0 rings (SSSR count). The number of carboxylic acids is 1. The number of unbranched alkanes of at least 4 members (excludes halogenated alkanes) is 34. The predicted molar refractivity (Wildman–Crippen MR) is 364 cm³/mol. The van der Waals surface area contributed by atoms with Crippen LogP contribution in [0.2, 0.25) is 0 Å². The largest absolute Gasteiger partial charge is 0.477 e. The molecule has 2 unspecified atom stereocenters. The molecule has 9 nitrogen and oxygen atoms in total. The highest BCUT2D eigenvalue weighted by atomic mass is 16.7. The molecule has 0 amide bonds. The number of nitrogens with zero attached hydrogens (tertiary/aromatic N) is 1. The van der Waals surface area contributed by atoms with Gasteiger partial charge < -0.3 is 28.5 Å². The number of likely N-dealkylation sites (N-methyl/N-ethyl adjacent to an activating group) is 1. The van der Waals surface area contributed by atoms with E-state index < -0.39 is 24.3 Å². The fraction of sp³-hybridized carbons (Fsp3) is 0.750. The molecule has 85 heavy (non-hydrogen) atoms. The lowest BCUT2D eigenvalue weighted by atomic mass is 10.0. The average Bonchev–Trinajstić information content (AvgIpc) is 3.48. The third-order valence-electron chi connectivity index (χ3n) is 15.3. The molecule has 0 heterocycles. The normalized spacial score (nSPS) is 13.3. The number of aliphatic carboxylic acids is 1. The maximum Gasteiger partial charge on any atom is 0.361 e. The van der Waals surface area contributed by atoms with Gasteiger partial charge in [0.15, 0.2) is 6.10 Å². The Hall–Kier alpha value is -3.79. The number of hydrogen-bond donors (Lipinski definition) is 1. The van der Waals surface area contributed by atoms with Crippen LogP contribution in [0, 0.1) is 0 Å². The molecule has 0 aromatic rings. The lowest BCUT2D eigenvalue weighted by Crippen LogP contribution is -2.40. The molecule has 0 saturated heterocycles. The fourth-order valence-corrected chi connectivity index (χ4v) is 9.93. The lowest BCUT2D eigenvalue weighted by molar-refractivity contribution is -0.870. The van der Waals surface area contributed by atoms with Crippen LogP contribution in [0.5, 0.6) is 0 Å². The Morgan fingerprint density at radius 3 is 1.01 bits per heavy atom. The summed E-state index contributed by atoms with van der Waals surface area (Å²) in [7, 11) is 5.98. The van der Waals surface area contributed by atoms with E-state index in [4.69, 9.17) is 18.9 Å². The van der Waals surface area contributed by atoms with Crippen LogP contribution in [-0.2, 0) is 33.3 Å². The second-order valence-electron chi connectivity index (χ2n) is 24.8. The summed E-state index contributed by atoms with van der Waals surface area (Å²) in [6.07, 6.45) is 88.0. The van der Waals surface area contributed by atoms with Gasteiger partial charge >= 0.3 is 17.9 Å². The monoisotopic (exact) mass is 1190 g/mol. The van der Waals surface area contributed by atoms with E-state index in [1.54, 1.807) is 0 Å². The van der Waals surface area contributed by atoms with Crippen molar-refractivity contribution >= 4 is 17.9 Å². The number of quaternary nitrogens is 1. The van der Waals surface area contributed by atoms with Crippen molar-refractivity contribution in [3.8, 4) is 0 Å². The molecule has 0 bridgehead atoms. The predicted octanol–water partition coefficient (Wildman–Crippen LogP) is 22.0. The molecule has 0 spiro atoms. The van der Waals surface area contributed by atoms with E-state index in [9.17, 15) is 19.5 Å². The number of carboxylic acid groups (broad SMARTS) is 1. The van der Waals surface area contributed by atoms with Gasteiger partial charge in [0.25, 0.3) is 6.29 Å². The standard InChI is InChI=1S/C76H133NO8/c1-6-8-10-12-14-16-18-20-22-24-26-28-30-32-33-34-35-36-37-38-39-40-41-43-45-47-49-51-53-55-57-59-61-63-65-67-74(79)85-72(71-84-76(75(80)81)82-69-68-77(3,4)5)70-83-73(78)66-64-62-60-58-56-54-52-50-48-46-44-42-31-29-27-25-23-21-19-17-15-13-11-9-7-2/h8,10,14,16,20,22,25-28,32-33,35-36,38-39,72,76H,6-7,9,11-13,15,17-19,21,23-24,29-31,34,37,40-71H2,1-5H3/p+1/b10-8-,16-14-,22-20-,27-25-,28-26-,33-32-,36-35-,39-38-. The Morgan fingerprint density at radius 2 is 0.671 bits per heavy atom. The first kappa shape index (κ1) is 81.2. The van der Waals surface area contributed by atoms with Crippen molar-refractivity contribution in [2.45, 2.75) is 322 Å². The summed E-state index contributed by atoms with van der Waals surface area (Å²) in [5.41, 5.74) is 0. The van der Waals surface area contributed by atoms with Crippen molar-refractivity contribution in [3.05, 3.63) is 97.2 Å². The van der Waals surface area contributed by atoms with Gasteiger partial charge in [0, 0.05) is 12.8 Å². The quantitative estimate of drug-likeness (QED) is 0.0211. The SMILES string of the molecule is CC/C=C\C/C=C\C/C=C\C/C=C\C/C=C\C/C=C\C/C=C\CCCCCCCCCCCCCCCC(=O)OC(COC(=O)CCCCCCCCCCCCCCC/C=C\CCCCCCCCCC)COC(OCC[N+](C)(C)C)C(=O)O. The Bertz CT molecular complexity index is 1720. The van der Waals surface area contributed by atoms with E-state index in [1.165, 1.54) is 193 Å². The summed E-state index contributed by atoms with van der Waals surface area (Å²) in [5, 5.41) is 9.75. The fourth-order valence-electron chi connectivity index (χ4n) is 9.93. The minimum absolute atomic E-state index is 0.184. The zero-order chi connectivity index (χ0) is 61.9. The number of carbonyl (C=O) groups excluding carboxylic acids is 2. The Morgan fingerprint density at radius 1 is 0.365 bits per heavy atom. The summed E-state index contributed by atoms with van der Waals surface area (Å²) in [5.74, 6) is -2.00. The van der Waals surface area contributed by atoms with E-state index in [2.05, 4.69) is 111 Å². The van der Waals surface area contributed by atoms with Crippen LogP contribution in [0.25, 0.3) is 0 Å². The number of esters is 2. The van der Waals surface area contributed by atoms with Crippen molar-refractivity contribution in [2.75, 3.05) is 47.5 Å². The molecule has 0 aliphatic heterocycles. The van der Waals surface area contributed by atoms with E-state index in [0.717, 1.165) is 89.9 Å². The molecule has 0 aliphatic rings. The van der Waals surface area contributed by atoms with Crippen molar-refractivity contribution in [2.24, 2.45) is 0 Å². The van der Waals surface area contributed by atoms with Gasteiger partial charge in [-0.15, -0.1) is 0 Å². The second kappa shape index (κ2) is 66.2. The van der Waals surface area contributed by atoms with Gasteiger partial charge in [0.05, 0.1) is 34.4 Å². The second-order valence-corrected chi connectivity index (χ2v) is 24.8. The van der Waals surface area contributed by atoms with Crippen molar-refractivity contribution in [1.82, 2.24) is 0 Å². The Kier molecular flexibility index (Phi) is 63.2. The van der Waals surface area contributed by atoms with Crippen LogP contribution >= 0.6 is 0 Å². The highest BCUT2D eigenvalue weighted by Crippen LogP contribution is 2.17. The number of hydrogen-bond acceptors (Lipinski definition) is 7. The summed E-state index contributed by atoms with van der Waals surface area (Å²) in [6.45, 7) is 4.79. The smallest absolute Gasteiger partial charge is 0.361 e. The first-order valence-electron chi connectivity index (χ1n) is 35.4. The molecule has 0 saturated carbocycles. The zero-order valence-electron chi connectivity index (χ0n) is 56.0. The van der Waals surface area contributed by atoms with Crippen LogP contribution < -0.4 is 0 Å².